The minimum atomic E-state index is -0.546. The normalized spacial score (nSPS) is 13.2. The van der Waals surface area contributed by atoms with E-state index < -0.39 is 6.10 Å². The van der Waals surface area contributed by atoms with E-state index in [2.05, 4.69) is 52.0 Å². The van der Waals surface area contributed by atoms with Crippen molar-refractivity contribution < 1.29 is 5.11 Å². The van der Waals surface area contributed by atoms with Gasteiger partial charge in [-0.05, 0) is 34.1 Å². The molecule has 0 aliphatic carbocycles. The van der Waals surface area contributed by atoms with E-state index >= 15 is 0 Å². The Bertz CT molecular complexity index is 561. The van der Waals surface area contributed by atoms with Crippen LogP contribution in [-0.4, -0.2) is 5.11 Å². The van der Waals surface area contributed by atoms with Gasteiger partial charge in [-0.15, -0.1) is 0 Å². The van der Waals surface area contributed by atoms with Crippen molar-refractivity contribution in [1.29, 1.82) is 0 Å². The van der Waals surface area contributed by atoms with Gasteiger partial charge in [-0.1, -0.05) is 76.2 Å². The number of aliphatic hydroxyl groups is 1. The predicted molar refractivity (Wildman–Crippen MR) is 85.0 cm³/mol. The molecule has 1 N–H and O–H groups in total. The van der Waals surface area contributed by atoms with E-state index in [0.717, 1.165) is 17.5 Å². The van der Waals surface area contributed by atoms with E-state index in [0.29, 0.717) is 0 Å². The maximum Gasteiger partial charge on any atom is 0.104 e. The monoisotopic (exact) mass is 268 g/mol. The minimum Gasteiger partial charge on any atom is -0.384 e. The number of hydrogen-bond donors (Lipinski definition) is 1. The molecule has 20 heavy (non-hydrogen) atoms. The van der Waals surface area contributed by atoms with Crippen molar-refractivity contribution in [3.63, 3.8) is 0 Å². The fourth-order valence-electron chi connectivity index (χ4n) is 2.34. The van der Waals surface area contributed by atoms with Crippen LogP contribution in [-0.2, 0) is 11.8 Å². The van der Waals surface area contributed by atoms with Crippen molar-refractivity contribution >= 4 is 0 Å². The molecule has 1 heteroatoms. The summed E-state index contributed by atoms with van der Waals surface area (Å²) in [5.74, 6) is 0. The van der Waals surface area contributed by atoms with E-state index in [1.807, 2.05) is 24.3 Å². The lowest BCUT2D eigenvalue weighted by molar-refractivity contribution is 0.220. The Kier molecular flexibility index (Phi) is 4.29. The van der Waals surface area contributed by atoms with E-state index in [1.165, 1.54) is 11.1 Å². The van der Waals surface area contributed by atoms with E-state index in [1.54, 1.807) is 0 Å². The van der Waals surface area contributed by atoms with Crippen LogP contribution in [0.15, 0.2) is 48.5 Å². The Morgan fingerprint density at radius 2 is 1.60 bits per heavy atom. The lowest BCUT2D eigenvalue weighted by Gasteiger charge is -2.20. The van der Waals surface area contributed by atoms with Crippen LogP contribution in [0.5, 0.6) is 0 Å². The van der Waals surface area contributed by atoms with Crippen LogP contribution in [0, 0.1) is 0 Å². The Balaban J connectivity index is 2.26. The molecular formula is C19H24O. The van der Waals surface area contributed by atoms with E-state index in [-0.39, 0.29) is 5.41 Å². The molecule has 1 nitrogen and oxygen atoms in total. The molecular weight excluding hydrogens is 244 g/mol. The molecule has 0 amide bonds. The third-order valence-electron chi connectivity index (χ3n) is 3.77. The topological polar surface area (TPSA) is 20.2 Å². The first-order valence-corrected chi connectivity index (χ1v) is 7.29. The molecule has 0 heterocycles. The Hall–Kier alpha value is -1.60. The summed E-state index contributed by atoms with van der Waals surface area (Å²) in [6.45, 7) is 8.72. The molecule has 0 fully saturated rings. The number of rotatable bonds is 3. The maximum atomic E-state index is 10.5. The second kappa shape index (κ2) is 5.80. The number of hydrogen-bond acceptors (Lipinski definition) is 1. The molecule has 1 atom stereocenters. The smallest absolute Gasteiger partial charge is 0.104 e. The zero-order valence-corrected chi connectivity index (χ0v) is 12.9. The van der Waals surface area contributed by atoms with Crippen molar-refractivity contribution in [2.75, 3.05) is 0 Å². The first-order valence-electron chi connectivity index (χ1n) is 7.29. The molecule has 0 radical (unpaired) electrons. The summed E-state index contributed by atoms with van der Waals surface area (Å²) >= 11 is 0. The first-order chi connectivity index (χ1) is 9.41. The van der Waals surface area contributed by atoms with Crippen LogP contribution in [0.3, 0.4) is 0 Å². The van der Waals surface area contributed by atoms with Crippen molar-refractivity contribution in [2.45, 2.75) is 45.6 Å². The average Bonchev–Trinajstić information content (AvgIpc) is 2.46. The maximum absolute atomic E-state index is 10.5. The second-order valence-electron chi connectivity index (χ2n) is 6.37. The van der Waals surface area contributed by atoms with Gasteiger partial charge in [-0.25, -0.2) is 0 Å². The van der Waals surface area contributed by atoms with Gasteiger partial charge >= 0.3 is 0 Å². The summed E-state index contributed by atoms with van der Waals surface area (Å²) in [5, 5.41) is 10.5. The van der Waals surface area contributed by atoms with Crippen molar-refractivity contribution in [2.24, 2.45) is 0 Å². The Morgan fingerprint density at radius 1 is 0.950 bits per heavy atom. The van der Waals surface area contributed by atoms with E-state index in [4.69, 9.17) is 0 Å². The molecule has 0 aliphatic rings. The van der Waals surface area contributed by atoms with Gasteiger partial charge in [0, 0.05) is 0 Å². The predicted octanol–water partition coefficient (Wildman–Crippen LogP) is 4.63. The highest BCUT2D eigenvalue weighted by molar-refractivity contribution is 5.35. The zero-order valence-electron chi connectivity index (χ0n) is 12.9. The van der Waals surface area contributed by atoms with Crippen molar-refractivity contribution in [3.8, 4) is 0 Å². The summed E-state index contributed by atoms with van der Waals surface area (Å²) in [7, 11) is 0. The largest absolute Gasteiger partial charge is 0.384 e. The highest BCUT2D eigenvalue weighted by atomic mass is 16.3. The molecule has 2 rings (SSSR count). The number of aryl methyl sites for hydroxylation is 1. The van der Waals surface area contributed by atoms with Gasteiger partial charge in [0.25, 0.3) is 0 Å². The van der Waals surface area contributed by atoms with Gasteiger partial charge in [-0.3, -0.25) is 0 Å². The van der Waals surface area contributed by atoms with Crippen LogP contribution in [0.1, 0.15) is 56.1 Å². The van der Waals surface area contributed by atoms with Gasteiger partial charge < -0.3 is 5.11 Å². The minimum absolute atomic E-state index is 0.144. The van der Waals surface area contributed by atoms with Crippen LogP contribution in [0.4, 0.5) is 0 Å². The average molecular weight is 268 g/mol. The molecule has 0 bridgehead atoms. The molecule has 0 spiro atoms. The molecule has 0 aliphatic heterocycles. The lowest BCUT2D eigenvalue weighted by atomic mass is 9.86. The highest BCUT2D eigenvalue weighted by Gasteiger charge is 2.15. The summed E-state index contributed by atoms with van der Waals surface area (Å²) in [4.78, 5) is 0. The fraction of sp³-hybridized carbons (Fsp3) is 0.368. The van der Waals surface area contributed by atoms with Crippen molar-refractivity contribution in [3.05, 3.63) is 70.8 Å². The number of benzene rings is 2. The lowest BCUT2D eigenvalue weighted by Crippen LogP contribution is -2.11. The van der Waals surface area contributed by atoms with Gasteiger partial charge in [0.05, 0.1) is 0 Å². The molecule has 0 saturated heterocycles. The molecule has 2 aromatic rings. The standard InChI is InChI=1S/C19H24O/c1-5-14-7-6-8-16(13-14)18(20)15-9-11-17(12-10-15)19(2,3)4/h6-13,18,20H,5H2,1-4H3. The summed E-state index contributed by atoms with van der Waals surface area (Å²) < 4.78 is 0. The molecule has 1 unspecified atom stereocenters. The Labute approximate surface area is 122 Å². The van der Waals surface area contributed by atoms with Gasteiger partial charge in [-0.2, -0.15) is 0 Å². The third kappa shape index (κ3) is 3.29. The summed E-state index contributed by atoms with van der Waals surface area (Å²) in [6.07, 6.45) is 0.444. The van der Waals surface area contributed by atoms with Gasteiger partial charge in [0.1, 0.15) is 6.10 Å². The van der Waals surface area contributed by atoms with Crippen molar-refractivity contribution in [1.82, 2.24) is 0 Å². The SMILES string of the molecule is CCc1cccc(C(O)c2ccc(C(C)(C)C)cc2)c1. The van der Waals surface area contributed by atoms with Crippen LogP contribution >= 0.6 is 0 Å². The summed E-state index contributed by atoms with van der Waals surface area (Å²) in [5.41, 5.74) is 4.61. The van der Waals surface area contributed by atoms with Crippen LogP contribution in [0.25, 0.3) is 0 Å². The Morgan fingerprint density at radius 3 is 2.15 bits per heavy atom. The zero-order chi connectivity index (χ0) is 14.8. The molecule has 0 saturated carbocycles. The van der Waals surface area contributed by atoms with E-state index in [9.17, 15) is 5.11 Å². The fourth-order valence-corrected chi connectivity index (χ4v) is 2.34. The van der Waals surface area contributed by atoms with Gasteiger partial charge in [0.15, 0.2) is 0 Å². The highest BCUT2D eigenvalue weighted by Crippen LogP contribution is 2.27. The molecule has 0 aromatic heterocycles. The van der Waals surface area contributed by atoms with Crippen LogP contribution in [0.2, 0.25) is 0 Å². The van der Waals surface area contributed by atoms with Crippen LogP contribution < -0.4 is 0 Å². The molecule has 2 aromatic carbocycles. The second-order valence-corrected chi connectivity index (χ2v) is 6.37. The third-order valence-corrected chi connectivity index (χ3v) is 3.77. The quantitative estimate of drug-likeness (QED) is 0.860. The van der Waals surface area contributed by atoms with Gasteiger partial charge in [0.2, 0.25) is 0 Å². The first kappa shape index (κ1) is 14.8. The summed E-state index contributed by atoms with van der Waals surface area (Å²) in [6, 6.07) is 16.5. The number of aliphatic hydroxyl groups excluding tert-OH is 1. The molecule has 106 valence electrons.